The Hall–Kier alpha value is -2.41. The van der Waals surface area contributed by atoms with Crippen LogP contribution in [0.15, 0.2) is 53.5 Å². The first-order valence-electron chi connectivity index (χ1n) is 12.8. The molecule has 6 nitrogen and oxygen atoms in total. The van der Waals surface area contributed by atoms with Gasteiger partial charge in [-0.25, -0.2) is 0 Å². The highest BCUT2D eigenvalue weighted by atomic mass is 35.5. The van der Waals surface area contributed by atoms with Crippen molar-refractivity contribution in [2.24, 2.45) is 28.7 Å². The largest absolute Gasteiger partial charge is 0.336 e. The van der Waals surface area contributed by atoms with Gasteiger partial charge in [-0.05, 0) is 92.0 Å². The Labute approximate surface area is 220 Å². The Bertz CT molecular complexity index is 1260. The molecule has 5 atom stereocenters. The molecule has 8 heteroatoms. The lowest BCUT2D eigenvalue weighted by Gasteiger charge is -2.26. The van der Waals surface area contributed by atoms with Gasteiger partial charge in [0.15, 0.2) is 0 Å². The number of nitrogens with zero attached hydrogens (tertiary/aromatic N) is 1. The highest BCUT2D eigenvalue weighted by Gasteiger charge is 2.58. The van der Waals surface area contributed by atoms with E-state index >= 15 is 0 Å². The molecule has 6 aliphatic rings. The van der Waals surface area contributed by atoms with Crippen molar-refractivity contribution in [2.45, 2.75) is 55.9 Å². The second-order valence-electron chi connectivity index (χ2n) is 11.5. The summed E-state index contributed by atoms with van der Waals surface area (Å²) in [6, 6.07) is 14.6. The minimum atomic E-state index is -0.292. The van der Waals surface area contributed by atoms with Crippen LogP contribution >= 0.6 is 23.2 Å². The molecule has 2 amide bonds. The zero-order valence-corrected chi connectivity index (χ0v) is 21.3. The maximum Gasteiger partial charge on any atom is 0.272 e. The van der Waals surface area contributed by atoms with Gasteiger partial charge < -0.3 is 10.6 Å². The van der Waals surface area contributed by atoms with Crippen LogP contribution < -0.4 is 16.0 Å². The molecular weight excluding hydrogens is 495 g/mol. The highest BCUT2D eigenvalue weighted by molar-refractivity contribution is 6.47. The third-order valence-electron chi connectivity index (χ3n) is 8.81. The molecule has 2 aromatic carbocycles. The topological polar surface area (TPSA) is 82.6 Å². The number of carbonyl (C=O) groups is 2. The predicted octanol–water partition coefficient (Wildman–Crippen LogP) is 4.61. The number of nitrogens with one attached hydrogen (secondary N) is 3. The van der Waals surface area contributed by atoms with Gasteiger partial charge in [-0.15, -0.1) is 0 Å². The number of rotatable bonds is 2. The average Bonchev–Trinajstić information content (AvgIpc) is 3.56. The molecule has 5 fully saturated rings. The summed E-state index contributed by atoms with van der Waals surface area (Å²) in [5.41, 5.74) is 1.99. The summed E-state index contributed by atoms with van der Waals surface area (Å²) in [6.07, 6.45) is 6.89. The van der Waals surface area contributed by atoms with Crippen LogP contribution in [0.4, 0.5) is 0 Å². The Morgan fingerprint density at radius 3 is 1.92 bits per heavy atom. The third kappa shape index (κ3) is 4.04. The predicted molar refractivity (Wildman–Crippen MR) is 139 cm³/mol. The smallest absolute Gasteiger partial charge is 0.272 e. The zero-order chi connectivity index (χ0) is 24.7. The van der Waals surface area contributed by atoms with E-state index in [0.717, 1.165) is 60.5 Å². The monoisotopic (exact) mass is 522 g/mol. The van der Waals surface area contributed by atoms with Gasteiger partial charge >= 0.3 is 0 Å². The van der Waals surface area contributed by atoms with Crippen LogP contribution in [0.25, 0.3) is 0 Å². The first-order chi connectivity index (χ1) is 17.3. The Balaban J connectivity index is 0.000000122. The van der Waals surface area contributed by atoms with Crippen molar-refractivity contribution in [1.82, 2.24) is 16.0 Å². The number of aliphatic imine (C=N–C) groups is 1. The summed E-state index contributed by atoms with van der Waals surface area (Å²) in [5, 5.41) is 11.1. The van der Waals surface area contributed by atoms with E-state index in [0.29, 0.717) is 15.8 Å². The molecule has 1 saturated heterocycles. The quantitative estimate of drug-likeness (QED) is 0.538. The van der Waals surface area contributed by atoms with E-state index in [1.54, 1.807) is 12.1 Å². The van der Waals surface area contributed by atoms with Crippen molar-refractivity contribution in [3.05, 3.63) is 69.7 Å². The van der Waals surface area contributed by atoms with Crippen LogP contribution in [0.3, 0.4) is 0 Å². The van der Waals surface area contributed by atoms with Gasteiger partial charge in [0.1, 0.15) is 17.4 Å². The van der Waals surface area contributed by atoms with E-state index in [4.69, 9.17) is 28.2 Å². The minimum absolute atomic E-state index is 0.0429. The molecule has 5 unspecified atom stereocenters. The number of hydrogen-bond acceptors (Lipinski definition) is 4. The number of hydrogen-bond donors (Lipinski definition) is 3. The van der Waals surface area contributed by atoms with E-state index in [-0.39, 0.29) is 29.2 Å². The molecule has 2 heterocycles. The summed E-state index contributed by atoms with van der Waals surface area (Å²) < 4.78 is 0. The van der Waals surface area contributed by atoms with Gasteiger partial charge in [0, 0.05) is 15.6 Å². The van der Waals surface area contributed by atoms with Gasteiger partial charge in [0.25, 0.3) is 5.91 Å². The van der Waals surface area contributed by atoms with E-state index in [1.165, 1.54) is 12.8 Å². The molecule has 186 valence electrons. The molecular formula is C28H28Cl2N4O2. The molecule has 4 aliphatic carbocycles. The van der Waals surface area contributed by atoms with Crippen LogP contribution in [0.1, 0.15) is 55.7 Å². The van der Waals surface area contributed by atoms with Crippen molar-refractivity contribution in [3.63, 3.8) is 0 Å². The lowest BCUT2D eigenvalue weighted by atomic mass is 10.0. The van der Waals surface area contributed by atoms with Crippen LogP contribution in [-0.2, 0) is 9.59 Å². The van der Waals surface area contributed by atoms with E-state index < -0.39 is 0 Å². The fourth-order valence-corrected chi connectivity index (χ4v) is 7.16. The molecule has 8 rings (SSSR count). The Morgan fingerprint density at radius 2 is 1.31 bits per heavy atom. The van der Waals surface area contributed by atoms with Crippen molar-refractivity contribution >= 4 is 40.7 Å². The number of benzene rings is 2. The molecule has 2 spiro atoms. The molecule has 2 aromatic rings. The maximum absolute atomic E-state index is 12.1. The van der Waals surface area contributed by atoms with Crippen molar-refractivity contribution in [2.75, 3.05) is 0 Å². The van der Waals surface area contributed by atoms with Crippen molar-refractivity contribution in [3.8, 4) is 0 Å². The first kappa shape index (κ1) is 22.8. The van der Waals surface area contributed by atoms with Crippen LogP contribution in [0.2, 0.25) is 10.0 Å². The molecule has 36 heavy (non-hydrogen) atoms. The summed E-state index contributed by atoms with van der Waals surface area (Å²) in [6.45, 7) is 0. The first-order valence-corrected chi connectivity index (χ1v) is 13.6. The number of fused-ring (bicyclic) bond motifs is 2. The average molecular weight is 523 g/mol. The summed E-state index contributed by atoms with van der Waals surface area (Å²) in [5.74, 6) is 3.30. The van der Waals surface area contributed by atoms with Gasteiger partial charge in [0.05, 0.1) is 5.66 Å². The van der Waals surface area contributed by atoms with Gasteiger partial charge in [-0.1, -0.05) is 47.5 Å². The molecule has 0 radical (unpaired) electrons. The zero-order valence-electron chi connectivity index (χ0n) is 19.8. The Kier molecular flexibility index (Phi) is 5.09. The summed E-state index contributed by atoms with van der Waals surface area (Å²) in [4.78, 5) is 28.9. The molecule has 4 saturated carbocycles. The summed E-state index contributed by atoms with van der Waals surface area (Å²) in [7, 11) is 0. The fourth-order valence-electron chi connectivity index (χ4n) is 6.91. The SMILES string of the molecule is O=C1NC2(CC3CC3C2)N=C1c1ccc(Cl)cc1.O=C1NC2(CC3CC3C2)NC1c1ccc(Cl)cc1. The molecule has 0 bridgehead atoms. The van der Waals surface area contributed by atoms with E-state index in [9.17, 15) is 9.59 Å². The van der Waals surface area contributed by atoms with Gasteiger partial charge in [-0.2, -0.15) is 0 Å². The van der Waals surface area contributed by atoms with Crippen LogP contribution in [0.5, 0.6) is 0 Å². The molecule has 3 N–H and O–H groups in total. The lowest BCUT2D eigenvalue weighted by Crippen LogP contribution is -2.48. The van der Waals surface area contributed by atoms with Crippen molar-refractivity contribution in [1.29, 1.82) is 0 Å². The second kappa shape index (κ2) is 8.04. The lowest BCUT2D eigenvalue weighted by molar-refractivity contribution is -0.121. The van der Waals surface area contributed by atoms with Gasteiger partial charge in [-0.3, -0.25) is 19.9 Å². The second-order valence-corrected chi connectivity index (χ2v) is 12.4. The van der Waals surface area contributed by atoms with E-state index in [2.05, 4.69) is 16.0 Å². The fraction of sp³-hybridized carbons (Fsp3) is 0.464. The van der Waals surface area contributed by atoms with Crippen molar-refractivity contribution < 1.29 is 9.59 Å². The third-order valence-corrected chi connectivity index (χ3v) is 9.32. The van der Waals surface area contributed by atoms with Crippen LogP contribution in [-0.4, -0.2) is 28.9 Å². The van der Waals surface area contributed by atoms with Gasteiger partial charge in [0.2, 0.25) is 5.91 Å². The van der Waals surface area contributed by atoms with E-state index in [1.807, 2.05) is 36.4 Å². The molecule has 2 aliphatic heterocycles. The normalized spacial score (nSPS) is 38.7. The number of halogens is 2. The minimum Gasteiger partial charge on any atom is -0.336 e. The van der Waals surface area contributed by atoms with Crippen LogP contribution in [0, 0.1) is 23.7 Å². The molecule has 0 aromatic heterocycles. The maximum atomic E-state index is 12.1. The highest BCUT2D eigenvalue weighted by Crippen LogP contribution is 2.57. The summed E-state index contributed by atoms with van der Waals surface area (Å²) >= 11 is 11.7. The number of amides is 2. The number of carbonyl (C=O) groups excluding carboxylic acids is 2. The Morgan fingerprint density at radius 1 is 0.750 bits per heavy atom. The standard InChI is InChI=1S/C14H15ClN2O.C14H13ClN2O/c2*15-11-3-1-8(2-4-11)12-13(18)17-14(16-12)6-9-5-10(9)7-14/h1-4,9-10,12,16H,5-7H2,(H,17,18);1-4,9-10H,5-7H2,(H,17,18).